The number of hydrogen-bond acceptors (Lipinski definition) is 9. The quantitative estimate of drug-likeness (QED) is 0.449. The zero-order valence-corrected chi connectivity index (χ0v) is 20.8. The first kappa shape index (κ1) is 24.8. The molecule has 2 saturated heterocycles. The summed E-state index contributed by atoms with van der Waals surface area (Å²) in [6.45, 7) is 6.43. The number of nitro benzene ring substituents is 1. The topological polar surface area (TPSA) is 137 Å². The molecule has 2 aliphatic rings. The molecule has 3 heterocycles. The molecule has 35 heavy (non-hydrogen) atoms. The van der Waals surface area contributed by atoms with Gasteiger partial charge in [-0.05, 0) is 44.4 Å². The van der Waals surface area contributed by atoms with E-state index in [2.05, 4.69) is 16.3 Å². The molecule has 0 radical (unpaired) electrons. The highest BCUT2D eigenvalue weighted by Crippen LogP contribution is 2.33. The molecule has 1 aromatic heterocycles. The summed E-state index contributed by atoms with van der Waals surface area (Å²) < 4.78 is 27.8. The van der Waals surface area contributed by atoms with Crippen molar-refractivity contribution in [2.75, 3.05) is 49.1 Å². The van der Waals surface area contributed by atoms with Crippen molar-refractivity contribution in [3.8, 4) is 6.07 Å². The Bertz CT molecular complexity index is 1260. The molecule has 4 rings (SSSR count). The molecule has 0 saturated carbocycles. The van der Waals surface area contributed by atoms with Gasteiger partial charge in [0, 0.05) is 45.3 Å². The lowest BCUT2D eigenvalue weighted by atomic mass is 10.1. The fourth-order valence-electron chi connectivity index (χ4n) is 4.62. The Kier molecular flexibility index (Phi) is 7.18. The van der Waals surface area contributed by atoms with Crippen LogP contribution in [0.3, 0.4) is 0 Å². The molecule has 11 nitrogen and oxygen atoms in total. The molecule has 2 aliphatic heterocycles. The van der Waals surface area contributed by atoms with Crippen LogP contribution in [0.1, 0.15) is 42.5 Å². The van der Waals surface area contributed by atoms with Gasteiger partial charge in [0.2, 0.25) is 10.0 Å². The van der Waals surface area contributed by atoms with E-state index in [1.54, 1.807) is 6.92 Å². The zero-order valence-electron chi connectivity index (χ0n) is 20.0. The number of rotatable bonds is 5. The lowest BCUT2D eigenvalue weighted by molar-refractivity contribution is -0.384. The van der Waals surface area contributed by atoms with Gasteiger partial charge in [0.1, 0.15) is 17.3 Å². The van der Waals surface area contributed by atoms with Crippen molar-refractivity contribution in [1.82, 2.24) is 14.5 Å². The summed E-state index contributed by atoms with van der Waals surface area (Å²) >= 11 is 0. The summed E-state index contributed by atoms with van der Waals surface area (Å²) in [6.07, 6.45) is 3.56. The van der Waals surface area contributed by atoms with E-state index in [1.165, 1.54) is 22.5 Å². The smallest absolute Gasteiger partial charge is 0.293 e. The summed E-state index contributed by atoms with van der Waals surface area (Å²) in [4.78, 5) is 15.2. The van der Waals surface area contributed by atoms with E-state index >= 15 is 0 Å². The molecule has 0 spiro atoms. The van der Waals surface area contributed by atoms with E-state index in [-0.39, 0.29) is 10.6 Å². The third-order valence-corrected chi connectivity index (χ3v) is 8.71. The van der Waals surface area contributed by atoms with E-state index in [0.717, 1.165) is 31.2 Å². The Morgan fingerprint density at radius 3 is 2.20 bits per heavy atom. The number of aryl methyl sites for hydroxylation is 1. The van der Waals surface area contributed by atoms with E-state index in [4.69, 9.17) is 0 Å². The molecule has 2 aromatic rings. The monoisotopic (exact) mass is 499 g/mol. The van der Waals surface area contributed by atoms with Gasteiger partial charge >= 0.3 is 0 Å². The van der Waals surface area contributed by atoms with Crippen molar-refractivity contribution in [3.05, 3.63) is 45.1 Å². The lowest BCUT2D eigenvalue weighted by Gasteiger charge is -2.36. The Hall–Kier alpha value is -3.30. The van der Waals surface area contributed by atoms with Crippen LogP contribution in [0.4, 0.5) is 17.2 Å². The van der Waals surface area contributed by atoms with Gasteiger partial charge in [-0.2, -0.15) is 14.7 Å². The normalized spacial score (nSPS) is 17.6. The summed E-state index contributed by atoms with van der Waals surface area (Å²) in [5.74, 6) is 0.517. The van der Waals surface area contributed by atoms with Crippen molar-refractivity contribution in [1.29, 1.82) is 5.26 Å². The van der Waals surface area contributed by atoms with Gasteiger partial charge in [0.15, 0.2) is 5.82 Å². The summed E-state index contributed by atoms with van der Waals surface area (Å²) in [5.41, 5.74) is 2.14. The molecule has 186 valence electrons. The molecule has 0 atom stereocenters. The minimum absolute atomic E-state index is 0.0439. The highest BCUT2D eigenvalue weighted by molar-refractivity contribution is 7.89. The second-order valence-corrected chi connectivity index (χ2v) is 10.9. The van der Waals surface area contributed by atoms with Gasteiger partial charge in [0.05, 0.1) is 15.5 Å². The summed E-state index contributed by atoms with van der Waals surface area (Å²) in [5, 5.41) is 29.9. The minimum Gasteiger partial charge on any atom is -0.362 e. The number of piperazine rings is 1. The molecule has 12 heteroatoms. The van der Waals surface area contributed by atoms with Crippen molar-refractivity contribution in [3.63, 3.8) is 0 Å². The molecule has 0 N–H and O–H groups in total. The van der Waals surface area contributed by atoms with Gasteiger partial charge < -0.3 is 9.80 Å². The van der Waals surface area contributed by atoms with Crippen LogP contribution in [0.5, 0.6) is 0 Å². The van der Waals surface area contributed by atoms with Crippen molar-refractivity contribution < 1.29 is 13.3 Å². The molecule has 0 amide bonds. The predicted molar refractivity (Wildman–Crippen MR) is 131 cm³/mol. The Labute approximate surface area is 205 Å². The number of nitro groups is 1. The number of sulfonamides is 1. The van der Waals surface area contributed by atoms with E-state index in [9.17, 15) is 23.8 Å². The summed E-state index contributed by atoms with van der Waals surface area (Å²) in [7, 11) is -3.79. The molecule has 0 unspecified atom stereocenters. The van der Waals surface area contributed by atoms with Gasteiger partial charge in [0.25, 0.3) is 5.69 Å². The minimum atomic E-state index is -3.79. The zero-order chi connectivity index (χ0) is 25.2. The van der Waals surface area contributed by atoms with Gasteiger partial charge in [-0.3, -0.25) is 10.1 Å². The van der Waals surface area contributed by atoms with Crippen LogP contribution in [-0.2, 0) is 10.0 Å². The fourth-order valence-corrected chi connectivity index (χ4v) is 6.16. The van der Waals surface area contributed by atoms with Crippen LogP contribution < -0.4 is 9.80 Å². The second-order valence-electron chi connectivity index (χ2n) is 8.92. The van der Waals surface area contributed by atoms with Crippen LogP contribution in [0.15, 0.2) is 23.1 Å². The van der Waals surface area contributed by atoms with Crippen molar-refractivity contribution >= 4 is 27.2 Å². The number of nitrogens with zero attached hydrogens (tertiary/aromatic N) is 7. The second kappa shape index (κ2) is 10.1. The Morgan fingerprint density at radius 2 is 1.60 bits per heavy atom. The third-order valence-electron chi connectivity index (χ3n) is 6.81. The van der Waals surface area contributed by atoms with Gasteiger partial charge in [-0.25, -0.2) is 8.42 Å². The number of benzene rings is 1. The maximum absolute atomic E-state index is 13.2. The summed E-state index contributed by atoms with van der Waals surface area (Å²) in [6, 6.07) is 6.40. The molecule has 0 bridgehead atoms. The van der Waals surface area contributed by atoms with Crippen LogP contribution in [0, 0.1) is 35.3 Å². The van der Waals surface area contributed by atoms with Crippen LogP contribution in [0.2, 0.25) is 0 Å². The fraction of sp³-hybridized carbons (Fsp3) is 0.522. The molecular formula is C23H29N7O4S. The maximum Gasteiger partial charge on any atom is 0.293 e. The number of nitriles is 1. The number of hydrogen-bond donors (Lipinski definition) is 0. The largest absolute Gasteiger partial charge is 0.362 e. The first-order valence-electron chi connectivity index (χ1n) is 11.8. The van der Waals surface area contributed by atoms with Gasteiger partial charge in [-0.15, -0.1) is 5.10 Å². The third kappa shape index (κ3) is 4.92. The average Bonchev–Trinajstić information content (AvgIpc) is 3.16. The highest BCUT2D eigenvalue weighted by atomic mass is 32.2. The first-order valence-corrected chi connectivity index (χ1v) is 13.2. The number of aromatic nitrogens is 2. The molecule has 0 aliphatic carbocycles. The van der Waals surface area contributed by atoms with E-state index in [1.807, 2.05) is 16.7 Å². The SMILES string of the molecule is Cc1nnc(N2CCN(c3ccc(S(=O)(=O)N4CCCCCC4)cc3[N+](=O)[O-])CC2)c(C#N)c1C. The Morgan fingerprint density at radius 1 is 0.971 bits per heavy atom. The van der Waals surface area contributed by atoms with E-state index in [0.29, 0.717) is 62.0 Å². The van der Waals surface area contributed by atoms with Crippen LogP contribution in [-0.4, -0.2) is 67.1 Å². The lowest BCUT2D eigenvalue weighted by Crippen LogP contribution is -2.47. The van der Waals surface area contributed by atoms with Crippen molar-refractivity contribution in [2.45, 2.75) is 44.4 Å². The average molecular weight is 500 g/mol. The standard InChI is InChI=1S/C23H29N7O4S/c1-17-18(2)25-26-23(20(17)16-24)28-13-11-27(12-14-28)21-8-7-19(15-22(21)30(31)32)35(33,34)29-9-5-3-4-6-10-29/h7-8,15H,3-6,9-14H2,1-2H3. The van der Waals surface area contributed by atoms with Crippen LogP contribution in [0.25, 0.3) is 0 Å². The van der Waals surface area contributed by atoms with E-state index < -0.39 is 14.9 Å². The molecule has 1 aromatic carbocycles. The number of anilines is 2. The Balaban J connectivity index is 1.56. The van der Waals surface area contributed by atoms with Crippen molar-refractivity contribution in [2.24, 2.45) is 0 Å². The first-order chi connectivity index (χ1) is 16.7. The predicted octanol–water partition coefficient (Wildman–Crippen LogP) is 2.76. The highest BCUT2D eigenvalue weighted by Gasteiger charge is 2.31. The maximum atomic E-state index is 13.2. The van der Waals surface area contributed by atoms with Gasteiger partial charge in [-0.1, -0.05) is 12.8 Å². The molecule has 2 fully saturated rings. The molecular weight excluding hydrogens is 470 g/mol. The van der Waals surface area contributed by atoms with Crippen LogP contribution >= 0.6 is 0 Å².